The Kier molecular flexibility index (Phi) is 4.06. The number of ether oxygens (including phenoxy) is 2. The van der Waals surface area contributed by atoms with Gasteiger partial charge in [-0.2, -0.15) is 0 Å². The highest BCUT2D eigenvalue weighted by atomic mass is 32.1. The molecule has 2 aromatic carbocycles. The minimum absolute atomic E-state index is 0.189. The summed E-state index contributed by atoms with van der Waals surface area (Å²) in [6.45, 7) is 0.236. The number of carbonyl (C=O) groups excluding carboxylic acids is 1. The van der Waals surface area contributed by atoms with Gasteiger partial charge >= 0.3 is 0 Å². The number of thiazole rings is 1. The molecule has 6 nitrogen and oxygen atoms in total. The highest BCUT2D eigenvalue weighted by Gasteiger charge is 2.16. The van der Waals surface area contributed by atoms with Crippen LogP contribution < -0.4 is 14.8 Å². The normalized spacial score (nSPS) is 12.1. The van der Waals surface area contributed by atoms with Crippen molar-refractivity contribution in [1.82, 2.24) is 9.55 Å². The Labute approximate surface area is 165 Å². The monoisotopic (exact) mass is 389 g/mol. The van der Waals surface area contributed by atoms with Gasteiger partial charge in [0.1, 0.15) is 0 Å². The summed E-state index contributed by atoms with van der Waals surface area (Å²) in [5, 5.41) is 5.31. The van der Waals surface area contributed by atoms with Crippen molar-refractivity contribution in [3.05, 3.63) is 77.9 Å². The van der Waals surface area contributed by atoms with E-state index in [0.717, 1.165) is 22.7 Å². The van der Waals surface area contributed by atoms with Gasteiger partial charge in [0.25, 0.3) is 5.91 Å². The molecule has 0 unspecified atom stereocenters. The maximum atomic E-state index is 12.5. The lowest BCUT2D eigenvalue weighted by Crippen LogP contribution is -2.11. The molecule has 28 heavy (non-hydrogen) atoms. The fourth-order valence-corrected chi connectivity index (χ4v) is 3.70. The molecule has 1 amide bonds. The first kappa shape index (κ1) is 16.6. The molecule has 1 aliphatic rings. The van der Waals surface area contributed by atoms with Crippen LogP contribution >= 0.6 is 11.3 Å². The first-order chi connectivity index (χ1) is 13.8. The van der Waals surface area contributed by atoms with Gasteiger partial charge in [-0.25, -0.2) is 4.98 Å². The summed E-state index contributed by atoms with van der Waals surface area (Å²) in [6, 6.07) is 17.0. The van der Waals surface area contributed by atoms with Crippen LogP contribution in [0.4, 0.5) is 5.13 Å². The van der Waals surface area contributed by atoms with Crippen molar-refractivity contribution >= 4 is 22.4 Å². The van der Waals surface area contributed by atoms with E-state index in [1.807, 2.05) is 64.8 Å². The molecular formula is C21H15N3O3S. The van der Waals surface area contributed by atoms with Crippen molar-refractivity contribution in [3.8, 4) is 28.4 Å². The van der Waals surface area contributed by atoms with Gasteiger partial charge in [-0.05, 0) is 54.6 Å². The van der Waals surface area contributed by atoms with Crippen LogP contribution in [0.15, 0.2) is 72.4 Å². The molecule has 0 aliphatic carbocycles. The van der Waals surface area contributed by atoms with Crippen molar-refractivity contribution in [2.45, 2.75) is 0 Å². The van der Waals surface area contributed by atoms with Crippen LogP contribution in [0.1, 0.15) is 10.4 Å². The topological polar surface area (TPSA) is 65.4 Å². The second kappa shape index (κ2) is 6.86. The Bertz CT molecular complexity index is 1130. The first-order valence-corrected chi connectivity index (χ1v) is 9.54. The number of fused-ring (bicyclic) bond motifs is 1. The lowest BCUT2D eigenvalue weighted by atomic mass is 10.1. The van der Waals surface area contributed by atoms with Crippen molar-refractivity contribution in [2.75, 3.05) is 12.1 Å². The molecule has 2 aromatic heterocycles. The van der Waals surface area contributed by atoms with E-state index in [-0.39, 0.29) is 12.7 Å². The zero-order chi connectivity index (χ0) is 18.9. The van der Waals surface area contributed by atoms with E-state index in [9.17, 15) is 4.79 Å². The largest absolute Gasteiger partial charge is 0.454 e. The summed E-state index contributed by atoms with van der Waals surface area (Å²) in [4.78, 5) is 17.0. The van der Waals surface area contributed by atoms with Crippen molar-refractivity contribution < 1.29 is 14.3 Å². The number of amides is 1. The Morgan fingerprint density at radius 1 is 1.04 bits per heavy atom. The minimum Gasteiger partial charge on any atom is -0.454 e. The number of nitrogens with zero attached hydrogens (tertiary/aromatic N) is 2. The smallest absolute Gasteiger partial charge is 0.257 e. The number of carbonyl (C=O) groups is 1. The second-order valence-corrected chi connectivity index (χ2v) is 7.06. The van der Waals surface area contributed by atoms with Gasteiger partial charge in [0.05, 0.1) is 5.69 Å². The summed E-state index contributed by atoms with van der Waals surface area (Å²) in [5.74, 6) is 1.25. The maximum Gasteiger partial charge on any atom is 0.257 e. The average Bonchev–Trinajstić information content (AvgIpc) is 3.48. The molecule has 138 valence electrons. The van der Waals surface area contributed by atoms with E-state index in [0.29, 0.717) is 16.4 Å². The van der Waals surface area contributed by atoms with Gasteiger partial charge in [0, 0.05) is 34.6 Å². The van der Waals surface area contributed by atoms with Crippen molar-refractivity contribution in [2.24, 2.45) is 0 Å². The third-order valence-electron chi connectivity index (χ3n) is 4.43. The SMILES string of the molecule is O=C(Nc1nc(-c2ccc3c(c2)OCO3)cs1)c1ccc(-n2cccc2)cc1. The number of hydrogen-bond acceptors (Lipinski definition) is 5. The van der Waals surface area contributed by atoms with Crippen LogP contribution in [0, 0.1) is 0 Å². The van der Waals surface area contributed by atoms with Gasteiger partial charge in [-0.15, -0.1) is 11.3 Å². The van der Waals surface area contributed by atoms with E-state index in [2.05, 4.69) is 10.3 Å². The molecule has 1 aliphatic heterocycles. The van der Waals surface area contributed by atoms with Crippen LogP contribution in [0.3, 0.4) is 0 Å². The van der Waals surface area contributed by atoms with E-state index in [1.54, 1.807) is 12.1 Å². The fraction of sp³-hybridized carbons (Fsp3) is 0.0476. The highest BCUT2D eigenvalue weighted by molar-refractivity contribution is 7.14. The summed E-state index contributed by atoms with van der Waals surface area (Å²) >= 11 is 1.38. The predicted octanol–water partition coefficient (Wildman–Crippen LogP) is 4.58. The molecule has 0 radical (unpaired) electrons. The molecule has 0 spiro atoms. The lowest BCUT2D eigenvalue weighted by Gasteiger charge is -2.05. The van der Waals surface area contributed by atoms with Crippen LogP contribution in [-0.2, 0) is 0 Å². The van der Waals surface area contributed by atoms with E-state index < -0.39 is 0 Å². The summed E-state index contributed by atoms with van der Waals surface area (Å²) in [6.07, 6.45) is 3.92. The Morgan fingerprint density at radius 3 is 2.64 bits per heavy atom. The molecule has 0 saturated carbocycles. The minimum atomic E-state index is -0.189. The zero-order valence-corrected chi connectivity index (χ0v) is 15.5. The standard InChI is InChI=1S/C21H15N3O3S/c25-20(14-3-6-16(7-4-14)24-9-1-2-10-24)23-21-22-17(12-28-21)15-5-8-18-19(11-15)27-13-26-18/h1-12H,13H2,(H,22,23,25). The summed E-state index contributed by atoms with van der Waals surface area (Å²) < 4.78 is 12.7. The molecule has 3 heterocycles. The fourth-order valence-electron chi connectivity index (χ4n) is 2.98. The molecule has 4 aromatic rings. The number of aromatic nitrogens is 2. The highest BCUT2D eigenvalue weighted by Crippen LogP contribution is 2.36. The number of anilines is 1. The van der Waals surface area contributed by atoms with Gasteiger partial charge in [0.2, 0.25) is 6.79 Å². The molecule has 1 N–H and O–H groups in total. The van der Waals surface area contributed by atoms with Crippen molar-refractivity contribution in [3.63, 3.8) is 0 Å². The summed E-state index contributed by atoms with van der Waals surface area (Å²) in [5.41, 5.74) is 3.27. The van der Waals surface area contributed by atoms with Gasteiger partial charge in [0.15, 0.2) is 16.6 Å². The predicted molar refractivity (Wildman–Crippen MR) is 107 cm³/mol. The van der Waals surface area contributed by atoms with Gasteiger partial charge in [-0.1, -0.05) is 0 Å². The second-order valence-electron chi connectivity index (χ2n) is 6.20. The molecule has 0 atom stereocenters. The molecule has 5 rings (SSSR count). The molecule has 0 bridgehead atoms. The molecule has 7 heteroatoms. The average molecular weight is 389 g/mol. The maximum absolute atomic E-state index is 12.5. The third kappa shape index (κ3) is 3.12. The lowest BCUT2D eigenvalue weighted by molar-refractivity contribution is 0.102. The van der Waals surface area contributed by atoms with Crippen LogP contribution in [0.25, 0.3) is 16.9 Å². The number of benzene rings is 2. The first-order valence-electron chi connectivity index (χ1n) is 8.66. The number of hydrogen-bond donors (Lipinski definition) is 1. The van der Waals surface area contributed by atoms with Crippen LogP contribution in [0.2, 0.25) is 0 Å². The quantitative estimate of drug-likeness (QED) is 0.555. The summed E-state index contributed by atoms with van der Waals surface area (Å²) in [7, 11) is 0. The number of rotatable bonds is 4. The van der Waals surface area contributed by atoms with E-state index in [1.165, 1.54) is 11.3 Å². The third-order valence-corrected chi connectivity index (χ3v) is 5.18. The molecule has 0 fully saturated rings. The Morgan fingerprint density at radius 2 is 1.82 bits per heavy atom. The Balaban J connectivity index is 1.31. The van der Waals surface area contributed by atoms with Gasteiger partial charge in [-0.3, -0.25) is 10.1 Å². The molecule has 0 saturated heterocycles. The van der Waals surface area contributed by atoms with Crippen LogP contribution in [-0.4, -0.2) is 22.3 Å². The number of nitrogens with one attached hydrogen (secondary N) is 1. The zero-order valence-electron chi connectivity index (χ0n) is 14.7. The van der Waals surface area contributed by atoms with Gasteiger partial charge < -0.3 is 14.0 Å². The van der Waals surface area contributed by atoms with E-state index >= 15 is 0 Å². The van der Waals surface area contributed by atoms with Crippen LogP contribution in [0.5, 0.6) is 11.5 Å². The van der Waals surface area contributed by atoms with E-state index in [4.69, 9.17) is 9.47 Å². The van der Waals surface area contributed by atoms with Crippen molar-refractivity contribution in [1.29, 1.82) is 0 Å². The Hall–Kier alpha value is -3.58. The molecular weight excluding hydrogens is 374 g/mol.